The van der Waals surface area contributed by atoms with Gasteiger partial charge in [0.1, 0.15) is 0 Å². The summed E-state index contributed by atoms with van der Waals surface area (Å²) in [6, 6.07) is 10.5. The van der Waals surface area contributed by atoms with Crippen LogP contribution >= 0.6 is 11.8 Å². The molecule has 162 valence electrons. The van der Waals surface area contributed by atoms with E-state index in [1.54, 1.807) is 18.9 Å². The fourth-order valence-electron chi connectivity index (χ4n) is 5.34. The maximum Gasteiger partial charge on any atom is 0.230 e. The first-order valence-corrected chi connectivity index (χ1v) is 12.2. The number of hydrogen-bond donors (Lipinski definition) is 1. The second kappa shape index (κ2) is 9.54. The Morgan fingerprint density at radius 3 is 2.77 bits per heavy atom. The molecule has 1 saturated heterocycles. The van der Waals surface area contributed by atoms with Crippen LogP contribution in [0.5, 0.6) is 0 Å². The Morgan fingerprint density at radius 2 is 2.07 bits per heavy atom. The van der Waals surface area contributed by atoms with Crippen LogP contribution in [0.3, 0.4) is 0 Å². The van der Waals surface area contributed by atoms with E-state index < -0.39 is 0 Å². The van der Waals surface area contributed by atoms with Crippen molar-refractivity contribution < 1.29 is 9.53 Å². The van der Waals surface area contributed by atoms with Crippen LogP contribution in [0.1, 0.15) is 36.4 Å². The Morgan fingerprint density at radius 1 is 1.27 bits per heavy atom. The number of fused-ring (bicyclic) bond motifs is 2. The van der Waals surface area contributed by atoms with E-state index in [9.17, 15) is 4.79 Å². The largest absolute Gasteiger partial charge is 0.378 e. The van der Waals surface area contributed by atoms with Crippen molar-refractivity contribution in [1.82, 2.24) is 20.0 Å². The van der Waals surface area contributed by atoms with Crippen molar-refractivity contribution in [3.8, 4) is 0 Å². The summed E-state index contributed by atoms with van der Waals surface area (Å²) in [7, 11) is 1.79. The highest BCUT2D eigenvalue weighted by Gasteiger charge is 2.53. The number of ether oxygens (including phenoxy) is 1. The van der Waals surface area contributed by atoms with Gasteiger partial charge in [-0.15, -0.1) is 0 Å². The van der Waals surface area contributed by atoms with Crippen molar-refractivity contribution in [3.63, 3.8) is 0 Å². The summed E-state index contributed by atoms with van der Waals surface area (Å²) in [6.45, 7) is 4.16. The van der Waals surface area contributed by atoms with Crippen molar-refractivity contribution in [2.45, 2.75) is 43.4 Å². The van der Waals surface area contributed by atoms with Gasteiger partial charge in [0.15, 0.2) is 0 Å². The third kappa shape index (κ3) is 4.15. The van der Waals surface area contributed by atoms with Crippen molar-refractivity contribution in [3.05, 3.63) is 53.9 Å². The molecule has 0 saturated carbocycles. The molecule has 1 aliphatic carbocycles. The number of nitrogens with one attached hydrogen (secondary N) is 1. The molecule has 1 amide bonds. The molecule has 0 bridgehead atoms. The number of nitrogens with zero attached hydrogens (tertiary/aromatic N) is 3. The van der Waals surface area contributed by atoms with Crippen LogP contribution < -0.4 is 5.32 Å². The third-order valence-corrected chi connectivity index (χ3v) is 7.25. The molecule has 2 aromatic rings. The van der Waals surface area contributed by atoms with Gasteiger partial charge in [0.25, 0.3) is 0 Å². The van der Waals surface area contributed by atoms with Crippen LogP contribution in [0.2, 0.25) is 0 Å². The van der Waals surface area contributed by atoms with Gasteiger partial charge in [-0.05, 0) is 62.3 Å². The van der Waals surface area contributed by atoms with Crippen LogP contribution in [-0.2, 0) is 21.5 Å². The van der Waals surface area contributed by atoms with Gasteiger partial charge < -0.3 is 15.0 Å². The van der Waals surface area contributed by atoms with Crippen LogP contribution in [0.25, 0.3) is 0 Å². The molecular formula is C23H32N4O2S. The molecule has 1 fully saturated rings. The van der Waals surface area contributed by atoms with Crippen LogP contribution in [0.4, 0.5) is 0 Å². The van der Waals surface area contributed by atoms with E-state index >= 15 is 0 Å². The number of aryl methyl sites for hydroxylation is 1. The molecule has 1 aromatic carbocycles. The zero-order chi connectivity index (χ0) is 21.0. The highest BCUT2D eigenvalue weighted by molar-refractivity contribution is 7.99. The summed E-state index contributed by atoms with van der Waals surface area (Å²) >= 11 is 1.55. The number of methoxy groups -OCH3 is 1. The van der Waals surface area contributed by atoms with Gasteiger partial charge in [0.05, 0.1) is 17.9 Å². The van der Waals surface area contributed by atoms with E-state index in [1.165, 1.54) is 11.1 Å². The average Bonchev–Trinajstić information content (AvgIpc) is 3.36. The predicted molar refractivity (Wildman–Crippen MR) is 121 cm³/mol. The number of hydrogen-bond acceptors (Lipinski definition) is 5. The van der Waals surface area contributed by atoms with Gasteiger partial charge >= 0.3 is 0 Å². The molecule has 2 atom stereocenters. The van der Waals surface area contributed by atoms with E-state index in [-0.39, 0.29) is 23.5 Å². The SMILES string of the molecule is CO[C@@H]1[C@@H](NC(=O)CSC)c2ccccc2C12CCN(CCCn1cccn1)CC2. The third-order valence-electron chi connectivity index (χ3n) is 6.69. The lowest BCUT2D eigenvalue weighted by molar-refractivity contribution is -0.120. The van der Waals surface area contributed by atoms with E-state index in [0.717, 1.165) is 45.4 Å². The fraction of sp³-hybridized carbons (Fsp3) is 0.565. The average molecular weight is 429 g/mol. The number of rotatable bonds is 8. The summed E-state index contributed by atoms with van der Waals surface area (Å²) in [5.41, 5.74) is 2.56. The molecule has 0 radical (unpaired) electrons. The molecule has 30 heavy (non-hydrogen) atoms. The number of piperidine rings is 1. The smallest absolute Gasteiger partial charge is 0.230 e. The van der Waals surface area contributed by atoms with Gasteiger partial charge in [-0.25, -0.2) is 0 Å². The summed E-state index contributed by atoms with van der Waals surface area (Å²) in [6.07, 6.45) is 9.01. The number of carbonyl (C=O) groups is 1. The fourth-order valence-corrected chi connectivity index (χ4v) is 5.68. The van der Waals surface area contributed by atoms with Crippen LogP contribution in [0, 0.1) is 0 Å². The van der Waals surface area contributed by atoms with Gasteiger partial charge in [0.2, 0.25) is 5.91 Å². The van der Waals surface area contributed by atoms with Crippen molar-refractivity contribution >= 4 is 17.7 Å². The molecule has 2 aliphatic rings. The Hall–Kier alpha value is -1.83. The number of amides is 1. The summed E-state index contributed by atoms with van der Waals surface area (Å²) < 4.78 is 8.09. The summed E-state index contributed by atoms with van der Waals surface area (Å²) in [5, 5.41) is 7.56. The summed E-state index contributed by atoms with van der Waals surface area (Å²) in [5.74, 6) is 0.559. The van der Waals surface area contributed by atoms with Crippen molar-refractivity contribution in [2.75, 3.05) is 38.8 Å². The zero-order valence-electron chi connectivity index (χ0n) is 17.9. The van der Waals surface area contributed by atoms with Gasteiger partial charge in [-0.1, -0.05) is 24.3 Å². The van der Waals surface area contributed by atoms with Crippen molar-refractivity contribution in [2.24, 2.45) is 0 Å². The first-order valence-electron chi connectivity index (χ1n) is 10.8. The second-order valence-electron chi connectivity index (χ2n) is 8.34. The minimum Gasteiger partial charge on any atom is -0.378 e. The van der Waals surface area contributed by atoms with E-state index in [4.69, 9.17) is 4.74 Å². The van der Waals surface area contributed by atoms with Crippen LogP contribution in [-0.4, -0.2) is 65.4 Å². The standard InChI is InChI=1S/C23H32N4O2S/c1-29-22-21(25-20(28)17-30-2)18-7-3-4-8-19(18)23(22)9-15-26(16-10-23)12-6-14-27-13-5-11-24-27/h3-5,7-8,11,13,21-22H,6,9-10,12,14-17H2,1-2H3,(H,25,28)/t21-,22+/m0/s1. The molecule has 2 heterocycles. The second-order valence-corrected chi connectivity index (χ2v) is 9.21. The molecule has 1 aromatic heterocycles. The number of likely N-dealkylation sites (tertiary alicyclic amines) is 1. The lowest BCUT2D eigenvalue weighted by atomic mass is 9.72. The zero-order valence-corrected chi connectivity index (χ0v) is 18.7. The lowest BCUT2D eigenvalue weighted by Gasteiger charge is -2.44. The van der Waals surface area contributed by atoms with E-state index in [2.05, 4.69) is 39.6 Å². The van der Waals surface area contributed by atoms with Gasteiger partial charge in [-0.2, -0.15) is 16.9 Å². The van der Waals surface area contributed by atoms with Gasteiger partial charge in [0, 0.05) is 31.5 Å². The molecule has 4 rings (SSSR count). The molecule has 1 spiro atoms. The maximum atomic E-state index is 12.4. The highest BCUT2D eigenvalue weighted by Crippen LogP contribution is 2.52. The maximum absolute atomic E-state index is 12.4. The number of benzene rings is 1. The molecule has 1 aliphatic heterocycles. The highest BCUT2D eigenvalue weighted by atomic mass is 32.2. The quantitative estimate of drug-likeness (QED) is 0.701. The normalized spacial score (nSPS) is 22.9. The lowest BCUT2D eigenvalue weighted by Crippen LogP contribution is -2.50. The molecule has 0 unspecified atom stereocenters. The minimum absolute atomic E-state index is 0.0214. The van der Waals surface area contributed by atoms with E-state index in [0.29, 0.717) is 5.75 Å². The van der Waals surface area contributed by atoms with E-state index in [1.807, 2.05) is 29.4 Å². The summed E-state index contributed by atoms with van der Waals surface area (Å²) in [4.78, 5) is 15.0. The van der Waals surface area contributed by atoms with Crippen molar-refractivity contribution in [1.29, 1.82) is 0 Å². The number of aromatic nitrogens is 2. The Bertz CT molecular complexity index is 833. The number of carbonyl (C=O) groups excluding carboxylic acids is 1. The molecular weight excluding hydrogens is 396 g/mol. The topological polar surface area (TPSA) is 59.4 Å². The minimum atomic E-state index is -0.0720. The number of thioether (sulfide) groups is 1. The Kier molecular flexibility index (Phi) is 6.80. The predicted octanol–water partition coefficient (Wildman–Crippen LogP) is 2.86. The molecule has 6 nitrogen and oxygen atoms in total. The first-order chi connectivity index (χ1) is 14.7. The molecule has 1 N–H and O–H groups in total. The Labute approximate surface area is 183 Å². The first kappa shape index (κ1) is 21.4. The molecule has 7 heteroatoms. The Balaban J connectivity index is 1.45. The van der Waals surface area contributed by atoms with Gasteiger partial charge in [-0.3, -0.25) is 9.48 Å². The monoisotopic (exact) mass is 428 g/mol. The van der Waals surface area contributed by atoms with Crippen LogP contribution in [0.15, 0.2) is 42.7 Å².